The van der Waals surface area contributed by atoms with Gasteiger partial charge in [-0.3, -0.25) is 0 Å². The molecule has 0 heterocycles. The van der Waals surface area contributed by atoms with E-state index in [1.807, 2.05) is 24.3 Å². The molecule has 0 aromatic heterocycles. The van der Waals surface area contributed by atoms with E-state index in [-0.39, 0.29) is 0 Å². The Bertz CT molecular complexity index is 323. The summed E-state index contributed by atoms with van der Waals surface area (Å²) in [6, 6.07) is 6.16. The summed E-state index contributed by atoms with van der Waals surface area (Å²) < 4.78 is 1.12. The lowest BCUT2D eigenvalue weighted by Crippen LogP contribution is -1.99. The summed E-state index contributed by atoms with van der Waals surface area (Å²) in [6.07, 6.45) is 3.94. The van der Waals surface area contributed by atoms with E-state index < -0.39 is 0 Å². The number of benzene rings is 1. The second kappa shape index (κ2) is 6.10. The van der Waals surface area contributed by atoms with Gasteiger partial charge in [0.1, 0.15) is 0 Å². The first kappa shape index (κ1) is 11.6. The zero-order valence-corrected chi connectivity index (χ0v) is 10.4. The number of aryl methyl sites for hydroxylation is 1. The maximum atomic E-state index is 5.52. The van der Waals surface area contributed by atoms with Gasteiger partial charge in [-0.15, -0.1) is 11.6 Å². The fraction of sp³-hybridized carbons (Fsp3) is 0.273. The lowest BCUT2D eigenvalue weighted by Gasteiger charge is -2.07. The van der Waals surface area contributed by atoms with Gasteiger partial charge in [0, 0.05) is 22.6 Å². The summed E-state index contributed by atoms with van der Waals surface area (Å²) in [4.78, 5) is 0. The third-order valence-electron chi connectivity index (χ3n) is 1.86. The number of hydrogen-bond donors (Lipinski definition) is 1. The van der Waals surface area contributed by atoms with Crippen LogP contribution in [0.2, 0.25) is 0 Å². The molecule has 76 valence electrons. The summed E-state index contributed by atoms with van der Waals surface area (Å²) >= 11 is 9.05. The summed E-state index contributed by atoms with van der Waals surface area (Å²) in [7, 11) is 0. The highest BCUT2D eigenvalue weighted by Gasteiger charge is 1.99. The van der Waals surface area contributed by atoms with Crippen LogP contribution in [0, 0.1) is 6.92 Å². The first-order chi connectivity index (χ1) is 6.75. The van der Waals surface area contributed by atoms with Gasteiger partial charge in [-0.2, -0.15) is 0 Å². The van der Waals surface area contributed by atoms with E-state index in [0.29, 0.717) is 5.88 Å². The number of allylic oxidation sites excluding steroid dienone is 1. The van der Waals surface area contributed by atoms with Gasteiger partial charge < -0.3 is 5.32 Å². The number of alkyl halides is 1. The first-order valence-electron chi connectivity index (χ1n) is 4.45. The number of anilines is 1. The molecule has 1 N–H and O–H groups in total. The molecular formula is C11H13BrClN. The highest BCUT2D eigenvalue weighted by molar-refractivity contribution is 9.10. The molecule has 0 saturated carbocycles. The zero-order chi connectivity index (χ0) is 10.4. The highest BCUT2D eigenvalue weighted by atomic mass is 79.9. The van der Waals surface area contributed by atoms with Gasteiger partial charge in [0.05, 0.1) is 0 Å². The average Bonchev–Trinajstić information content (AvgIpc) is 2.19. The molecule has 14 heavy (non-hydrogen) atoms. The van der Waals surface area contributed by atoms with Crippen LogP contribution in [-0.4, -0.2) is 12.4 Å². The van der Waals surface area contributed by atoms with Crippen molar-refractivity contribution in [3.63, 3.8) is 0 Å². The summed E-state index contributed by atoms with van der Waals surface area (Å²) in [5, 5.41) is 3.30. The molecule has 1 nitrogen and oxygen atoms in total. The molecule has 0 bridgehead atoms. The van der Waals surface area contributed by atoms with Crippen LogP contribution in [0.3, 0.4) is 0 Å². The van der Waals surface area contributed by atoms with Crippen molar-refractivity contribution in [3.8, 4) is 0 Å². The molecule has 0 atom stereocenters. The molecule has 0 aliphatic carbocycles. The fourth-order valence-electron chi connectivity index (χ4n) is 1.10. The maximum absolute atomic E-state index is 5.52. The van der Waals surface area contributed by atoms with Crippen molar-refractivity contribution in [1.29, 1.82) is 0 Å². The van der Waals surface area contributed by atoms with Gasteiger partial charge in [0.2, 0.25) is 0 Å². The van der Waals surface area contributed by atoms with Crippen LogP contribution in [0.4, 0.5) is 5.69 Å². The third kappa shape index (κ3) is 3.35. The number of halogens is 2. The van der Waals surface area contributed by atoms with Crippen LogP contribution in [-0.2, 0) is 0 Å². The fourth-order valence-corrected chi connectivity index (χ4v) is 1.63. The predicted octanol–water partition coefficient (Wildman–Crippen LogP) is 3.96. The Labute approximate surface area is 98.3 Å². The molecule has 1 rings (SSSR count). The zero-order valence-electron chi connectivity index (χ0n) is 8.06. The third-order valence-corrected chi connectivity index (χ3v) is 3.09. The van der Waals surface area contributed by atoms with Crippen LogP contribution in [0.15, 0.2) is 34.8 Å². The van der Waals surface area contributed by atoms with Gasteiger partial charge in [-0.25, -0.2) is 0 Å². The molecular weight excluding hydrogens is 261 g/mol. The van der Waals surface area contributed by atoms with E-state index in [9.17, 15) is 0 Å². The topological polar surface area (TPSA) is 12.0 Å². The van der Waals surface area contributed by atoms with Crippen LogP contribution < -0.4 is 5.32 Å². The SMILES string of the molecule is Cc1cccc(NC/C=C/CCl)c1Br. The van der Waals surface area contributed by atoms with Gasteiger partial charge >= 0.3 is 0 Å². The Balaban J connectivity index is 2.59. The Morgan fingerprint density at radius 2 is 2.21 bits per heavy atom. The quantitative estimate of drug-likeness (QED) is 0.647. The first-order valence-corrected chi connectivity index (χ1v) is 5.78. The van der Waals surface area contributed by atoms with Gasteiger partial charge in [0.25, 0.3) is 0 Å². The molecule has 0 aliphatic heterocycles. The van der Waals surface area contributed by atoms with Crippen LogP contribution in [0.25, 0.3) is 0 Å². The van der Waals surface area contributed by atoms with Crippen molar-refractivity contribution in [2.75, 3.05) is 17.7 Å². The lowest BCUT2D eigenvalue weighted by molar-refractivity contribution is 1.30. The largest absolute Gasteiger partial charge is 0.381 e. The number of hydrogen-bond acceptors (Lipinski definition) is 1. The minimum atomic E-state index is 0.566. The standard InChI is InChI=1S/C11H13BrClN/c1-9-5-4-6-10(11(9)12)14-8-3-2-7-13/h2-6,14H,7-8H2,1H3/b3-2+. The van der Waals surface area contributed by atoms with E-state index in [0.717, 1.165) is 16.7 Å². The highest BCUT2D eigenvalue weighted by Crippen LogP contribution is 2.25. The van der Waals surface area contributed by atoms with E-state index in [4.69, 9.17) is 11.6 Å². The van der Waals surface area contributed by atoms with Crippen molar-refractivity contribution in [2.45, 2.75) is 6.92 Å². The molecule has 0 fully saturated rings. The Morgan fingerprint density at radius 3 is 2.93 bits per heavy atom. The van der Waals surface area contributed by atoms with Gasteiger partial charge in [-0.1, -0.05) is 24.3 Å². The van der Waals surface area contributed by atoms with E-state index in [1.54, 1.807) is 0 Å². The summed E-state index contributed by atoms with van der Waals surface area (Å²) in [5.41, 5.74) is 2.35. The second-order valence-electron chi connectivity index (χ2n) is 2.94. The van der Waals surface area contributed by atoms with Crippen molar-refractivity contribution in [3.05, 3.63) is 40.4 Å². The molecule has 0 amide bonds. The maximum Gasteiger partial charge on any atom is 0.0489 e. The molecule has 0 spiro atoms. The summed E-state index contributed by atoms with van der Waals surface area (Å²) in [6.45, 7) is 2.87. The number of nitrogens with one attached hydrogen (secondary N) is 1. The second-order valence-corrected chi connectivity index (χ2v) is 4.04. The smallest absolute Gasteiger partial charge is 0.0489 e. The van der Waals surface area contributed by atoms with E-state index in [1.165, 1.54) is 5.56 Å². The van der Waals surface area contributed by atoms with E-state index in [2.05, 4.69) is 34.2 Å². The van der Waals surface area contributed by atoms with Gasteiger partial charge in [0.15, 0.2) is 0 Å². The Morgan fingerprint density at radius 1 is 1.43 bits per heavy atom. The molecule has 0 aliphatic rings. The minimum absolute atomic E-state index is 0.566. The molecule has 1 aromatic rings. The van der Waals surface area contributed by atoms with Crippen molar-refractivity contribution in [1.82, 2.24) is 0 Å². The van der Waals surface area contributed by atoms with Crippen molar-refractivity contribution >= 4 is 33.2 Å². The van der Waals surface area contributed by atoms with Crippen molar-refractivity contribution in [2.24, 2.45) is 0 Å². The number of rotatable bonds is 4. The lowest BCUT2D eigenvalue weighted by atomic mass is 10.2. The van der Waals surface area contributed by atoms with Gasteiger partial charge in [-0.05, 0) is 34.5 Å². The van der Waals surface area contributed by atoms with Crippen LogP contribution in [0.5, 0.6) is 0 Å². The molecule has 1 aromatic carbocycles. The Kier molecular flexibility index (Phi) is 5.05. The minimum Gasteiger partial charge on any atom is -0.381 e. The molecule has 3 heteroatoms. The summed E-state index contributed by atoms with van der Waals surface area (Å²) in [5.74, 6) is 0.566. The predicted molar refractivity (Wildman–Crippen MR) is 67.2 cm³/mol. The molecule has 0 radical (unpaired) electrons. The normalized spacial score (nSPS) is 10.8. The average molecular weight is 275 g/mol. The van der Waals surface area contributed by atoms with Crippen LogP contribution >= 0.6 is 27.5 Å². The molecule has 0 saturated heterocycles. The monoisotopic (exact) mass is 273 g/mol. The van der Waals surface area contributed by atoms with E-state index >= 15 is 0 Å². The van der Waals surface area contributed by atoms with Crippen molar-refractivity contribution < 1.29 is 0 Å². The molecule has 0 unspecified atom stereocenters. The Hall–Kier alpha value is -0.470. The van der Waals surface area contributed by atoms with Crippen LogP contribution in [0.1, 0.15) is 5.56 Å².